The Morgan fingerprint density at radius 1 is 1.47 bits per heavy atom. The third-order valence-electron chi connectivity index (χ3n) is 2.69. The van der Waals surface area contributed by atoms with Gasteiger partial charge in [0.25, 0.3) is 0 Å². The van der Waals surface area contributed by atoms with Gasteiger partial charge in [0.05, 0.1) is 24.6 Å². The lowest BCUT2D eigenvalue weighted by Crippen LogP contribution is -2.04. The number of aromatic amines is 1. The number of hydrogen-bond donors (Lipinski definition) is 1. The van der Waals surface area contributed by atoms with Crippen LogP contribution < -0.4 is 0 Å². The largest absolute Gasteiger partial charge is 0.469 e. The number of H-pyrrole nitrogens is 1. The smallest absolute Gasteiger partial charge is 0.309 e. The molecule has 4 nitrogen and oxygen atoms in total. The molecular weight excluding hydrogens is 216 g/mol. The summed E-state index contributed by atoms with van der Waals surface area (Å²) in [7, 11) is 1.40. The van der Waals surface area contributed by atoms with E-state index < -0.39 is 0 Å². The highest BCUT2D eigenvalue weighted by molar-refractivity contribution is 5.79. The molecule has 0 saturated carbocycles. The average molecular weight is 232 g/mol. The van der Waals surface area contributed by atoms with E-state index in [1.165, 1.54) is 7.11 Å². The van der Waals surface area contributed by atoms with Crippen molar-refractivity contribution in [3.05, 3.63) is 29.6 Å². The first-order chi connectivity index (χ1) is 8.10. The van der Waals surface area contributed by atoms with E-state index >= 15 is 0 Å². The van der Waals surface area contributed by atoms with Gasteiger partial charge in [0.1, 0.15) is 5.82 Å². The van der Waals surface area contributed by atoms with Crippen LogP contribution in [0.3, 0.4) is 0 Å². The van der Waals surface area contributed by atoms with Crippen LogP contribution in [0, 0.1) is 0 Å². The van der Waals surface area contributed by atoms with Gasteiger partial charge >= 0.3 is 5.97 Å². The number of carbonyl (C=O) groups is 1. The van der Waals surface area contributed by atoms with Gasteiger partial charge in [-0.25, -0.2) is 4.98 Å². The Hall–Kier alpha value is -1.84. The number of carbonyl (C=O) groups excluding carboxylic acids is 1. The molecule has 0 fully saturated rings. The molecule has 1 aromatic heterocycles. The number of ether oxygens (including phenoxy) is 1. The maximum atomic E-state index is 11.2. The monoisotopic (exact) mass is 232 g/mol. The van der Waals surface area contributed by atoms with Crippen molar-refractivity contribution in [3.8, 4) is 0 Å². The van der Waals surface area contributed by atoms with Gasteiger partial charge in [-0.05, 0) is 17.7 Å². The Morgan fingerprint density at radius 3 is 2.88 bits per heavy atom. The lowest BCUT2D eigenvalue weighted by molar-refractivity contribution is -0.139. The van der Waals surface area contributed by atoms with Gasteiger partial charge in [-0.2, -0.15) is 0 Å². The van der Waals surface area contributed by atoms with Crippen LogP contribution in [0.1, 0.15) is 31.2 Å². The zero-order chi connectivity index (χ0) is 12.4. The third kappa shape index (κ3) is 2.46. The van der Waals surface area contributed by atoms with E-state index in [9.17, 15) is 4.79 Å². The van der Waals surface area contributed by atoms with E-state index in [4.69, 9.17) is 0 Å². The summed E-state index contributed by atoms with van der Waals surface area (Å²) in [5.74, 6) is 1.11. The van der Waals surface area contributed by atoms with E-state index in [1.807, 2.05) is 18.2 Å². The Morgan fingerprint density at radius 2 is 2.24 bits per heavy atom. The predicted molar refractivity (Wildman–Crippen MR) is 65.9 cm³/mol. The SMILES string of the molecule is COC(=O)Cc1ccc2nc(C(C)C)[nH]c2c1. The van der Waals surface area contributed by atoms with Gasteiger partial charge in [0.2, 0.25) is 0 Å². The molecule has 0 radical (unpaired) electrons. The maximum absolute atomic E-state index is 11.2. The third-order valence-corrected chi connectivity index (χ3v) is 2.69. The summed E-state index contributed by atoms with van der Waals surface area (Å²) < 4.78 is 4.64. The Kier molecular flexibility index (Phi) is 3.13. The number of aromatic nitrogens is 2. The maximum Gasteiger partial charge on any atom is 0.309 e. The number of esters is 1. The summed E-state index contributed by atoms with van der Waals surface area (Å²) in [4.78, 5) is 18.9. The molecule has 0 aliphatic heterocycles. The first-order valence-electron chi connectivity index (χ1n) is 5.65. The van der Waals surface area contributed by atoms with Gasteiger partial charge in [0, 0.05) is 5.92 Å². The minimum absolute atomic E-state index is 0.229. The van der Waals surface area contributed by atoms with Crippen LogP contribution in [0.25, 0.3) is 11.0 Å². The van der Waals surface area contributed by atoms with Crippen LogP contribution in [-0.4, -0.2) is 23.0 Å². The van der Waals surface area contributed by atoms with E-state index in [-0.39, 0.29) is 5.97 Å². The van der Waals surface area contributed by atoms with Crippen LogP contribution in [0.5, 0.6) is 0 Å². The second-order valence-electron chi connectivity index (χ2n) is 4.38. The Balaban J connectivity index is 2.33. The molecular formula is C13H16N2O2. The van der Waals surface area contributed by atoms with E-state index in [0.29, 0.717) is 12.3 Å². The zero-order valence-electron chi connectivity index (χ0n) is 10.3. The summed E-state index contributed by atoms with van der Waals surface area (Å²) in [6.07, 6.45) is 0.294. The summed E-state index contributed by atoms with van der Waals surface area (Å²) in [6.45, 7) is 4.18. The molecule has 2 rings (SSSR count). The molecule has 0 amide bonds. The van der Waals surface area contributed by atoms with Crippen molar-refractivity contribution in [2.45, 2.75) is 26.2 Å². The average Bonchev–Trinajstić information content (AvgIpc) is 2.72. The molecule has 4 heteroatoms. The van der Waals surface area contributed by atoms with E-state index in [0.717, 1.165) is 22.4 Å². The molecule has 0 bridgehead atoms. The van der Waals surface area contributed by atoms with Gasteiger partial charge in [-0.15, -0.1) is 0 Å². The Bertz CT molecular complexity index is 543. The number of fused-ring (bicyclic) bond motifs is 1. The summed E-state index contributed by atoms with van der Waals surface area (Å²) >= 11 is 0. The molecule has 0 atom stereocenters. The van der Waals surface area contributed by atoms with Gasteiger partial charge < -0.3 is 9.72 Å². The van der Waals surface area contributed by atoms with Crippen LogP contribution in [-0.2, 0) is 16.0 Å². The van der Waals surface area contributed by atoms with Gasteiger partial charge in [-0.1, -0.05) is 19.9 Å². The fraction of sp³-hybridized carbons (Fsp3) is 0.385. The number of imidazole rings is 1. The fourth-order valence-corrected chi connectivity index (χ4v) is 1.70. The standard InChI is InChI=1S/C13H16N2O2/c1-8(2)13-14-10-5-4-9(6-11(10)15-13)7-12(16)17-3/h4-6,8H,7H2,1-3H3,(H,14,15). The lowest BCUT2D eigenvalue weighted by atomic mass is 10.1. The highest BCUT2D eigenvalue weighted by Crippen LogP contribution is 2.18. The van der Waals surface area contributed by atoms with E-state index in [1.54, 1.807) is 0 Å². The first-order valence-corrected chi connectivity index (χ1v) is 5.65. The van der Waals surface area contributed by atoms with Crippen molar-refractivity contribution in [2.75, 3.05) is 7.11 Å². The second kappa shape index (κ2) is 4.57. The summed E-state index contributed by atoms with van der Waals surface area (Å²) in [5.41, 5.74) is 2.83. The number of rotatable bonds is 3. The minimum atomic E-state index is -0.229. The van der Waals surface area contributed by atoms with Crippen molar-refractivity contribution < 1.29 is 9.53 Å². The molecule has 1 heterocycles. The number of methoxy groups -OCH3 is 1. The second-order valence-corrected chi connectivity index (χ2v) is 4.38. The van der Waals surface area contributed by atoms with Crippen LogP contribution in [0.4, 0.5) is 0 Å². The number of nitrogens with one attached hydrogen (secondary N) is 1. The highest BCUT2D eigenvalue weighted by Gasteiger charge is 2.08. The minimum Gasteiger partial charge on any atom is -0.469 e. The molecule has 0 unspecified atom stereocenters. The number of hydrogen-bond acceptors (Lipinski definition) is 3. The molecule has 2 aromatic rings. The molecule has 17 heavy (non-hydrogen) atoms. The Labute approximate surface area is 100 Å². The van der Waals surface area contributed by atoms with Crippen molar-refractivity contribution >= 4 is 17.0 Å². The summed E-state index contributed by atoms with van der Waals surface area (Å²) in [5, 5.41) is 0. The van der Waals surface area contributed by atoms with Crippen molar-refractivity contribution in [1.29, 1.82) is 0 Å². The fourth-order valence-electron chi connectivity index (χ4n) is 1.70. The quantitative estimate of drug-likeness (QED) is 0.827. The number of benzene rings is 1. The molecule has 1 N–H and O–H groups in total. The van der Waals surface area contributed by atoms with Gasteiger partial charge in [-0.3, -0.25) is 4.79 Å². The topological polar surface area (TPSA) is 55.0 Å². The lowest BCUT2D eigenvalue weighted by Gasteiger charge is -1.99. The van der Waals surface area contributed by atoms with Crippen molar-refractivity contribution in [1.82, 2.24) is 9.97 Å². The van der Waals surface area contributed by atoms with Gasteiger partial charge in [0.15, 0.2) is 0 Å². The van der Waals surface area contributed by atoms with Crippen molar-refractivity contribution in [2.24, 2.45) is 0 Å². The number of nitrogens with zero attached hydrogens (tertiary/aromatic N) is 1. The van der Waals surface area contributed by atoms with Crippen LogP contribution >= 0.6 is 0 Å². The molecule has 0 spiro atoms. The highest BCUT2D eigenvalue weighted by atomic mass is 16.5. The molecule has 0 aliphatic carbocycles. The molecule has 0 saturated heterocycles. The molecule has 0 aliphatic rings. The molecule has 1 aromatic carbocycles. The predicted octanol–water partition coefficient (Wildman–Crippen LogP) is 2.40. The summed E-state index contributed by atoms with van der Waals surface area (Å²) in [6, 6.07) is 5.78. The van der Waals surface area contributed by atoms with Crippen LogP contribution in [0.15, 0.2) is 18.2 Å². The normalized spacial score (nSPS) is 11.1. The molecule has 90 valence electrons. The van der Waals surface area contributed by atoms with E-state index in [2.05, 4.69) is 28.6 Å². The first kappa shape index (κ1) is 11.6. The van der Waals surface area contributed by atoms with Crippen LogP contribution in [0.2, 0.25) is 0 Å². The van der Waals surface area contributed by atoms with Crippen molar-refractivity contribution in [3.63, 3.8) is 0 Å². The zero-order valence-corrected chi connectivity index (χ0v) is 10.3.